The quantitative estimate of drug-likeness (QED) is 0.858. The van der Waals surface area contributed by atoms with E-state index in [0.29, 0.717) is 5.92 Å². The lowest BCUT2D eigenvalue weighted by Crippen LogP contribution is -2.37. The Kier molecular flexibility index (Phi) is 5.82. The van der Waals surface area contributed by atoms with Crippen LogP contribution < -0.4 is 10.1 Å². The van der Waals surface area contributed by atoms with Crippen molar-refractivity contribution in [3.63, 3.8) is 0 Å². The molecule has 0 fully saturated rings. The van der Waals surface area contributed by atoms with Crippen LogP contribution in [-0.2, 0) is 0 Å². The molecule has 0 radical (unpaired) electrons. The van der Waals surface area contributed by atoms with Gasteiger partial charge in [0.1, 0.15) is 5.75 Å². The molecule has 0 aromatic heterocycles. The predicted octanol–water partition coefficient (Wildman–Crippen LogP) is 4.43. The van der Waals surface area contributed by atoms with Crippen molar-refractivity contribution in [1.82, 2.24) is 5.32 Å². The number of hydrogen-bond donors (Lipinski definition) is 1. The van der Waals surface area contributed by atoms with E-state index in [2.05, 4.69) is 65.1 Å². The molecule has 1 aromatic rings. The molecule has 1 rings (SSSR count). The number of aryl methyl sites for hydroxylation is 1. The van der Waals surface area contributed by atoms with Crippen molar-refractivity contribution in [2.75, 3.05) is 13.7 Å². The molecule has 1 N–H and O–H groups in total. The molecule has 112 valence electrons. The summed E-state index contributed by atoms with van der Waals surface area (Å²) in [6, 6.07) is 6.33. The Bertz CT molecular complexity index is 467. The van der Waals surface area contributed by atoms with Crippen LogP contribution in [0.2, 0.25) is 0 Å². The van der Waals surface area contributed by atoms with Gasteiger partial charge in [-0.2, -0.15) is 0 Å². The molecule has 2 heteroatoms. The predicted molar refractivity (Wildman–Crippen MR) is 88.3 cm³/mol. The van der Waals surface area contributed by atoms with Gasteiger partial charge in [0, 0.05) is 12.1 Å². The molecule has 0 saturated heterocycles. The monoisotopic (exact) mass is 275 g/mol. The van der Waals surface area contributed by atoms with Gasteiger partial charge in [0.05, 0.1) is 7.11 Å². The number of benzene rings is 1. The number of hydrogen-bond acceptors (Lipinski definition) is 2. The summed E-state index contributed by atoms with van der Waals surface area (Å²) in [6.45, 7) is 14.1. The lowest BCUT2D eigenvalue weighted by Gasteiger charge is -2.23. The maximum absolute atomic E-state index is 5.31. The van der Waals surface area contributed by atoms with Crippen molar-refractivity contribution >= 4 is 6.08 Å². The Morgan fingerprint density at radius 3 is 2.40 bits per heavy atom. The third-order valence-corrected chi connectivity index (χ3v) is 3.34. The standard InChI is InChI=1S/C18H29NO/c1-13(2)16(12-19-18(4,5)6)11-15-8-9-17(20-7)14(3)10-15/h8-11,13,19H,12H2,1-7H3. The van der Waals surface area contributed by atoms with E-state index >= 15 is 0 Å². The van der Waals surface area contributed by atoms with Gasteiger partial charge in [-0.1, -0.05) is 31.6 Å². The summed E-state index contributed by atoms with van der Waals surface area (Å²) in [5.74, 6) is 1.48. The largest absolute Gasteiger partial charge is 0.496 e. The zero-order valence-electron chi connectivity index (χ0n) is 14.0. The van der Waals surface area contributed by atoms with Gasteiger partial charge in [-0.15, -0.1) is 0 Å². The fourth-order valence-corrected chi connectivity index (χ4v) is 1.99. The highest BCUT2D eigenvalue weighted by molar-refractivity contribution is 5.56. The fourth-order valence-electron chi connectivity index (χ4n) is 1.99. The molecular formula is C18H29NO. The molecule has 0 bridgehead atoms. The minimum absolute atomic E-state index is 0.143. The summed E-state index contributed by atoms with van der Waals surface area (Å²) in [7, 11) is 1.71. The van der Waals surface area contributed by atoms with Gasteiger partial charge in [0.15, 0.2) is 0 Å². The molecule has 20 heavy (non-hydrogen) atoms. The number of rotatable bonds is 5. The van der Waals surface area contributed by atoms with Crippen LogP contribution in [0.25, 0.3) is 6.08 Å². The molecule has 0 spiro atoms. The third-order valence-electron chi connectivity index (χ3n) is 3.34. The van der Waals surface area contributed by atoms with Crippen molar-refractivity contribution in [1.29, 1.82) is 0 Å². The van der Waals surface area contributed by atoms with Crippen LogP contribution in [0.3, 0.4) is 0 Å². The van der Waals surface area contributed by atoms with Gasteiger partial charge in [0.25, 0.3) is 0 Å². The summed E-state index contributed by atoms with van der Waals surface area (Å²) in [6.07, 6.45) is 2.29. The second-order valence-electron chi connectivity index (χ2n) is 6.71. The van der Waals surface area contributed by atoms with Gasteiger partial charge in [-0.3, -0.25) is 0 Å². The average Bonchev–Trinajstić information content (AvgIpc) is 2.33. The molecule has 0 amide bonds. The maximum atomic E-state index is 5.31. The van der Waals surface area contributed by atoms with Crippen LogP contribution in [0.15, 0.2) is 23.8 Å². The minimum Gasteiger partial charge on any atom is -0.496 e. The Labute approximate surface area is 124 Å². The fraction of sp³-hybridized carbons (Fsp3) is 0.556. The zero-order valence-corrected chi connectivity index (χ0v) is 14.0. The van der Waals surface area contributed by atoms with Crippen LogP contribution in [0, 0.1) is 12.8 Å². The van der Waals surface area contributed by atoms with Gasteiger partial charge < -0.3 is 10.1 Å². The normalized spacial score (nSPS) is 12.9. The highest BCUT2D eigenvalue weighted by atomic mass is 16.5. The molecule has 0 saturated carbocycles. The van der Waals surface area contributed by atoms with E-state index in [0.717, 1.165) is 12.3 Å². The molecular weight excluding hydrogens is 246 g/mol. The second-order valence-corrected chi connectivity index (χ2v) is 6.71. The summed E-state index contributed by atoms with van der Waals surface area (Å²) >= 11 is 0. The van der Waals surface area contributed by atoms with Crippen molar-refractivity contribution in [3.8, 4) is 5.75 Å². The van der Waals surface area contributed by atoms with Crippen molar-refractivity contribution in [3.05, 3.63) is 34.9 Å². The Hall–Kier alpha value is -1.28. The molecule has 2 nitrogen and oxygen atoms in total. The molecule has 1 aromatic carbocycles. The van der Waals surface area contributed by atoms with Crippen LogP contribution in [0.5, 0.6) is 5.75 Å². The molecule has 0 heterocycles. The van der Waals surface area contributed by atoms with E-state index in [1.54, 1.807) is 7.11 Å². The Morgan fingerprint density at radius 1 is 1.30 bits per heavy atom. The molecule has 0 atom stereocenters. The van der Waals surface area contributed by atoms with E-state index in [-0.39, 0.29) is 5.54 Å². The zero-order chi connectivity index (χ0) is 15.3. The smallest absolute Gasteiger partial charge is 0.121 e. The average molecular weight is 275 g/mol. The molecule has 0 aliphatic carbocycles. The van der Waals surface area contributed by atoms with Gasteiger partial charge in [-0.05, 0) is 56.9 Å². The molecule has 0 aliphatic heterocycles. The summed E-state index contributed by atoms with van der Waals surface area (Å²) in [4.78, 5) is 0. The highest BCUT2D eigenvalue weighted by Gasteiger charge is 2.11. The van der Waals surface area contributed by atoms with Gasteiger partial charge >= 0.3 is 0 Å². The summed E-state index contributed by atoms with van der Waals surface area (Å²) in [5, 5.41) is 3.57. The molecule has 0 aliphatic rings. The number of methoxy groups -OCH3 is 1. The van der Waals surface area contributed by atoms with Crippen LogP contribution in [0.1, 0.15) is 45.7 Å². The first-order valence-corrected chi connectivity index (χ1v) is 7.33. The van der Waals surface area contributed by atoms with Crippen LogP contribution >= 0.6 is 0 Å². The van der Waals surface area contributed by atoms with E-state index in [1.807, 2.05) is 6.07 Å². The van der Waals surface area contributed by atoms with Gasteiger partial charge in [-0.25, -0.2) is 0 Å². The summed E-state index contributed by atoms with van der Waals surface area (Å²) < 4.78 is 5.31. The van der Waals surface area contributed by atoms with Gasteiger partial charge in [0.2, 0.25) is 0 Å². The van der Waals surface area contributed by atoms with Crippen LogP contribution in [0.4, 0.5) is 0 Å². The topological polar surface area (TPSA) is 21.3 Å². The van der Waals surface area contributed by atoms with Crippen molar-refractivity contribution in [2.24, 2.45) is 5.92 Å². The van der Waals surface area contributed by atoms with Crippen LogP contribution in [-0.4, -0.2) is 19.2 Å². The maximum Gasteiger partial charge on any atom is 0.121 e. The van der Waals surface area contributed by atoms with Crippen molar-refractivity contribution < 1.29 is 4.74 Å². The first-order valence-electron chi connectivity index (χ1n) is 7.33. The second kappa shape index (κ2) is 6.94. The first kappa shape index (κ1) is 16.8. The number of ether oxygens (including phenoxy) is 1. The Morgan fingerprint density at radius 2 is 1.95 bits per heavy atom. The van der Waals surface area contributed by atoms with E-state index in [4.69, 9.17) is 4.74 Å². The number of nitrogens with one attached hydrogen (secondary N) is 1. The Balaban J connectivity index is 2.93. The van der Waals surface area contributed by atoms with E-state index in [1.165, 1.54) is 16.7 Å². The third kappa shape index (κ3) is 5.38. The highest BCUT2D eigenvalue weighted by Crippen LogP contribution is 2.21. The molecule has 0 unspecified atom stereocenters. The minimum atomic E-state index is 0.143. The lowest BCUT2D eigenvalue weighted by atomic mass is 9.98. The first-order chi connectivity index (χ1) is 9.23. The lowest BCUT2D eigenvalue weighted by molar-refractivity contribution is 0.411. The SMILES string of the molecule is COc1ccc(C=C(CNC(C)(C)C)C(C)C)cc1C. The van der Waals surface area contributed by atoms with E-state index < -0.39 is 0 Å². The van der Waals surface area contributed by atoms with Crippen molar-refractivity contribution in [2.45, 2.75) is 47.1 Å². The van der Waals surface area contributed by atoms with E-state index in [9.17, 15) is 0 Å². The summed E-state index contributed by atoms with van der Waals surface area (Å²) in [5.41, 5.74) is 3.98.